The smallest absolute Gasteiger partial charge is 0.229 e. The molecule has 2 aromatic heterocycles. The summed E-state index contributed by atoms with van der Waals surface area (Å²) >= 11 is 0. The van der Waals surface area contributed by atoms with Crippen LogP contribution in [0.25, 0.3) is 11.2 Å². The fourth-order valence-corrected chi connectivity index (χ4v) is 3.91. The van der Waals surface area contributed by atoms with Crippen molar-refractivity contribution in [3.05, 3.63) is 36.2 Å². The van der Waals surface area contributed by atoms with E-state index in [1.807, 2.05) is 9.47 Å². The van der Waals surface area contributed by atoms with Crippen LogP contribution in [0.1, 0.15) is 44.3 Å². The Morgan fingerprint density at radius 1 is 1.17 bits per heavy atom. The van der Waals surface area contributed by atoms with Gasteiger partial charge in [-0.25, -0.2) is 4.98 Å². The molecule has 9 heteroatoms. The van der Waals surface area contributed by atoms with Crippen LogP contribution in [0.15, 0.2) is 30.6 Å². The highest BCUT2D eigenvalue weighted by atomic mass is 16.3. The average molecular weight is 412 g/mol. The number of aromatic nitrogens is 4. The summed E-state index contributed by atoms with van der Waals surface area (Å²) in [5.74, 6) is 1.25. The predicted octanol–water partition coefficient (Wildman–Crippen LogP) is 2.22. The van der Waals surface area contributed by atoms with Crippen molar-refractivity contribution in [2.45, 2.75) is 44.8 Å². The van der Waals surface area contributed by atoms with Gasteiger partial charge in [0.05, 0.1) is 31.6 Å². The Kier molecular flexibility index (Phi) is 5.74. The fourth-order valence-electron chi connectivity index (χ4n) is 3.91. The van der Waals surface area contributed by atoms with Crippen molar-refractivity contribution in [1.82, 2.24) is 19.5 Å². The highest BCUT2D eigenvalue weighted by Crippen LogP contribution is 2.30. The third kappa shape index (κ3) is 3.78. The van der Waals surface area contributed by atoms with E-state index >= 15 is 0 Å². The normalized spacial score (nSPS) is 17.8. The Labute approximate surface area is 175 Å². The summed E-state index contributed by atoms with van der Waals surface area (Å²) in [4.78, 5) is 16.1. The van der Waals surface area contributed by atoms with Gasteiger partial charge in [-0.3, -0.25) is 0 Å². The van der Waals surface area contributed by atoms with E-state index < -0.39 is 6.04 Å². The number of phenols is 1. The summed E-state index contributed by atoms with van der Waals surface area (Å²) in [5.41, 5.74) is 2.16. The molecule has 3 aromatic rings. The molecule has 1 saturated heterocycles. The van der Waals surface area contributed by atoms with Gasteiger partial charge in [0, 0.05) is 12.6 Å². The standard InChI is InChI=1S/C21H28N6O3/c1-13(2)27-12-22-18-19(23-17(11-29)14-5-7-16(30)8-6-14)24-21(25-20(18)27)26-9-3-4-15(26)10-28/h5-8,12-13,15,17,28-30H,3-4,9-11H2,1-2H3,(H,23,24,25)/t15-,17-/m1/s1. The number of aliphatic hydroxyl groups excluding tert-OH is 2. The number of fused-ring (bicyclic) bond motifs is 1. The minimum atomic E-state index is -0.423. The largest absolute Gasteiger partial charge is 0.508 e. The zero-order valence-corrected chi connectivity index (χ0v) is 17.2. The van der Waals surface area contributed by atoms with Gasteiger partial charge in [0.2, 0.25) is 5.95 Å². The first-order chi connectivity index (χ1) is 14.5. The lowest BCUT2D eigenvalue weighted by Gasteiger charge is -2.24. The van der Waals surface area contributed by atoms with E-state index in [0.29, 0.717) is 22.9 Å². The maximum absolute atomic E-state index is 10.00. The number of hydrogen-bond acceptors (Lipinski definition) is 8. The van der Waals surface area contributed by atoms with Crippen molar-refractivity contribution in [2.75, 3.05) is 30.0 Å². The number of rotatable bonds is 7. The second-order valence-corrected chi connectivity index (χ2v) is 7.93. The van der Waals surface area contributed by atoms with E-state index in [4.69, 9.17) is 9.97 Å². The fraction of sp³-hybridized carbons (Fsp3) is 0.476. The Balaban J connectivity index is 1.78. The molecule has 0 aliphatic carbocycles. The molecule has 3 heterocycles. The number of benzene rings is 1. The molecule has 0 saturated carbocycles. The summed E-state index contributed by atoms with van der Waals surface area (Å²) in [6, 6.07) is 6.44. The van der Waals surface area contributed by atoms with Gasteiger partial charge in [0.25, 0.3) is 0 Å². The molecule has 4 rings (SSSR count). The van der Waals surface area contributed by atoms with Crippen molar-refractivity contribution in [3.63, 3.8) is 0 Å². The molecule has 4 N–H and O–H groups in total. The number of aromatic hydroxyl groups is 1. The predicted molar refractivity (Wildman–Crippen MR) is 115 cm³/mol. The molecule has 0 unspecified atom stereocenters. The van der Waals surface area contributed by atoms with Gasteiger partial charge >= 0.3 is 0 Å². The summed E-state index contributed by atoms with van der Waals surface area (Å²) in [6.45, 7) is 4.82. The number of nitrogens with one attached hydrogen (secondary N) is 1. The highest BCUT2D eigenvalue weighted by Gasteiger charge is 2.28. The lowest BCUT2D eigenvalue weighted by molar-refractivity contribution is 0.265. The maximum atomic E-state index is 10.00. The quantitative estimate of drug-likeness (QED) is 0.466. The molecule has 0 amide bonds. The molecular formula is C21H28N6O3. The van der Waals surface area contributed by atoms with Crippen LogP contribution >= 0.6 is 0 Å². The molecule has 1 aliphatic rings. The number of imidazole rings is 1. The van der Waals surface area contributed by atoms with Gasteiger partial charge in [-0.05, 0) is 44.4 Å². The van der Waals surface area contributed by atoms with Gasteiger partial charge in [-0.1, -0.05) is 12.1 Å². The minimum absolute atomic E-state index is 0.00328. The molecule has 0 radical (unpaired) electrons. The van der Waals surface area contributed by atoms with Gasteiger partial charge in [-0.2, -0.15) is 9.97 Å². The molecule has 9 nitrogen and oxygen atoms in total. The van der Waals surface area contributed by atoms with Gasteiger partial charge < -0.3 is 30.1 Å². The molecule has 1 aromatic carbocycles. The van der Waals surface area contributed by atoms with Crippen molar-refractivity contribution in [2.24, 2.45) is 0 Å². The van der Waals surface area contributed by atoms with Crippen LogP contribution in [0.3, 0.4) is 0 Å². The van der Waals surface area contributed by atoms with Gasteiger partial charge in [-0.15, -0.1) is 0 Å². The average Bonchev–Trinajstić information content (AvgIpc) is 3.39. The number of phenolic OH excluding ortho intramolecular Hbond substituents is 1. The van der Waals surface area contributed by atoms with Crippen LogP contribution in [0.5, 0.6) is 5.75 Å². The minimum Gasteiger partial charge on any atom is -0.508 e. The SMILES string of the molecule is CC(C)n1cnc2c(N[C@H](CO)c3ccc(O)cc3)nc(N3CCC[C@@H]3CO)nc21. The molecular weight excluding hydrogens is 384 g/mol. The van der Waals surface area contributed by atoms with Crippen molar-refractivity contribution >= 4 is 22.9 Å². The van der Waals surface area contributed by atoms with Gasteiger partial charge in [0.1, 0.15) is 5.75 Å². The second kappa shape index (κ2) is 8.45. The summed E-state index contributed by atoms with van der Waals surface area (Å²) < 4.78 is 1.99. The van der Waals surface area contributed by atoms with Crippen LogP contribution in [-0.4, -0.2) is 60.6 Å². The Morgan fingerprint density at radius 2 is 1.93 bits per heavy atom. The van der Waals surface area contributed by atoms with E-state index in [1.54, 1.807) is 30.6 Å². The van der Waals surface area contributed by atoms with E-state index in [-0.39, 0.29) is 31.0 Å². The first-order valence-electron chi connectivity index (χ1n) is 10.3. The number of hydrogen-bond donors (Lipinski definition) is 4. The summed E-state index contributed by atoms with van der Waals surface area (Å²) in [6.07, 6.45) is 3.63. The highest BCUT2D eigenvalue weighted by molar-refractivity contribution is 5.84. The Morgan fingerprint density at radius 3 is 2.60 bits per heavy atom. The lowest BCUT2D eigenvalue weighted by Crippen LogP contribution is -2.33. The summed E-state index contributed by atoms with van der Waals surface area (Å²) in [7, 11) is 0. The van der Waals surface area contributed by atoms with Crippen molar-refractivity contribution in [1.29, 1.82) is 0 Å². The zero-order chi connectivity index (χ0) is 21.3. The number of aliphatic hydroxyl groups is 2. The molecule has 1 aliphatic heterocycles. The van der Waals surface area contributed by atoms with Gasteiger partial charge in [0.15, 0.2) is 17.0 Å². The number of nitrogens with zero attached hydrogens (tertiary/aromatic N) is 5. The van der Waals surface area contributed by atoms with Crippen LogP contribution < -0.4 is 10.2 Å². The first-order valence-corrected chi connectivity index (χ1v) is 10.3. The topological polar surface area (TPSA) is 120 Å². The third-order valence-electron chi connectivity index (χ3n) is 5.60. The molecule has 0 bridgehead atoms. The maximum Gasteiger partial charge on any atom is 0.229 e. The number of anilines is 2. The second-order valence-electron chi connectivity index (χ2n) is 7.93. The zero-order valence-electron chi connectivity index (χ0n) is 17.2. The van der Waals surface area contributed by atoms with Crippen LogP contribution in [0.2, 0.25) is 0 Å². The molecule has 160 valence electrons. The van der Waals surface area contributed by atoms with E-state index in [9.17, 15) is 15.3 Å². The third-order valence-corrected chi connectivity index (χ3v) is 5.60. The lowest BCUT2D eigenvalue weighted by atomic mass is 10.1. The Hall–Kier alpha value is -2.91. The molecule has 2 atom stereocenters. The Bertz CT molecular complexity index is 1000. The van der Waals surface area contributed by atoms with Crippen molar-refractivity contribution < 1.29 is 15.3 Å². The van der Waals surface area contributed by atoms with Crippen molar-refractivity contribution in [3.8, 4) is 5.75 Å². The first kappa shape index (κ1) is 20.4. The molecule has 30 heavy (non-hydrogen) atoms. The van der Waals surface area contributed by atoms with Crippen LogP contribution in [-0.2, 0) is 0 Å². The van der Waals surface area contributed by atoms with E-state index in [2.05, 4.69) is 24.1 Å². The molecule has 1 fully saturated rings. The van der Waals surface area contributed by atoms with E-state index in [0.717, 1.165) is 24.9 Å². The van der Waals surface area contributed by atoms with Crippen LogP contribution in [0.4, 0.5) is 11.8 Å². The monoisotopic (exact) mass is 412 g/mol. The molecule has 0 spiro atoms. The van der Waals surface area contributed by atoms with Crippen LogP contribution in [0, 0.1) is 0 Å². The summed E-state index contributed by atoms with van der Waals surface area (Å²) in [5, 5.41) is 32.6. The van der Waals surface area contributed by atoms with E-state index in [1.165, 1.54) is 0 Å².